The smallest absolute Gasteiger partial charge is 0.242 e. The van der Waals surface area contributed by atoms with E-state index in [0.717, 1.165) is 53.3 Å². The number of likely N-dealkylation sites (N-methyl/N-ethyl adjacent to an activating group) is 1. The van der Waals surface area contributed by atoms with Crippen LogP contribution in [0.1, 0.15) is 29.9 Å². The number of hydrogen-bond donors (Lipinski definition) is 3. The standard InChI is InChI=1S/C24H26F2N6O/c1-27-22(33)13-32-8-5-14(6-9-32)15-2-3-20-17(10-15)18(11-21(25)26)23(30-20)16-4-7-28-24-19(16)12-29-31-24/h2-4,7,10,12,14,21,30H,5-6,8-9,11,13H2,1H3,(H,27,33)(H,28,29,31). The molecule has 0 saturated carbocycles. The van der Waals surface area contributed by atoms with Crippen LogP contribution in [0.5, 0.6) is 0 Å². The molecule has 1 aliphatic heterocycles. The summed E-state index contributed by atoms with van der Waals surface area (Å²) in [6.07, 6.45) is 2.42. The van der Waals surface area contributed by atoms with Crippen LogP contribution in [0.15, 0.2) is 36.7 Å². The molecule has 0 aliphatic carbocycles. The lowest BCUT2D eigenvalue weighted by molar-refractivity contribution is -0.122. The lowest BCUT2D eigenvalue weighted by Crippen LogP contribution is -2.40. The van der Waals surface area contributed by atoms with Crippen LogP contribution in [-0.4, -0.2) is 64.1 Å². The Morgan fingerprint density at radius 1 is 1.24 bits per heavy atom. The predicted octanol–water partition coefficient (Wildman–Crippen LogP) is 3.84. The largest absolute Gasteiger partial charge is 0.358 e. The Morgan fingerprint density at radius 3 is 2.82 bits per heavy atom. The SMILES string of the molecule is CNC(=O)CN1CCC(c2ccc3[nH]c(-c4ccnc5[nH]ncc45)c(CC(F)F)c3c2)CC1. The zero-order chi connectivity index (χ0) is 22.9. The molecule has 172 valence electrons. The first kappa shape index (κ1) is 21.5. The lowest BCUT2D eigenvalue weighted by atomic mass is 9.88. The van der Waals surface area contributed by atoms with Crippen LogP contribution in [-0.2, 0) is 11.2 Å². The fraction of sp³-hybridized carbons (Fsp3) is 0.375. The molecule has 1 amide bonds. The van der Waals surface area contributed by atoms with Crippen molar-refractivity contribution >= 4 is 27.8 Å². The van der Waals surface area contributed by atoms with Gasteiger partial charge in [-0.05, 0) is 61.2 Å². The molecular weight excluding hydrogens is 426 g/mol. The number of carbonyl (C=O) groups is 1. The number of amides is 1. The molecule has 0 atom stereocenters. The first-order chi connectivity index (χ1) is 16.0. The van der Waals surface area contributed by atoms with Crippen LogP contribution in [0.25, 0.3) is 33.2 Å². The summed E-state index contributed by atoms with van der Waals surface area (Å²) in [6.45, 7) is 2.10. The number of nitrogens with zero attached hydrogens (tertiary/aromatic N) is 3. The van der Waals surface area contributed by atoms with Crippen LogP contribution < -0.4 is 5.32 Å². The average molecular weight is 453 g/mol. The van der Waals surface area contributed by atoms with Crippen LogP contribution >= 0.6 is 0 Å². The fourth-order valence-electron chi connectivity index (χ4n) is 4.89. The maximum absolute atomic E-state index is 13.6. The topological polar surface area (TPSA) is 89.7 Å². The molecule has 0 radical (unpaired) electrons. The van der Waals surface area contributed by atoms with Gasteiger partial charge < -0.3 is 10.3 Å². The Bertz CT molecular complexity index is 1290. The van der Waals surface area contributed by atoms with Crippen molar-refractivity contribution in [1.82, 2.24) is 30.4 Å². The number of halogens is 2. The second-order valence-electron chi connectivity index (χ2n) is 8.59. The van der Waals surface area contributed by atoms with E-state index in [1.807, 2.05) is 12.1 Å². The minimum Gasteiger partial charge on any atom is -0.358 e. The molecule has 5 rings (SSSR count). The van der Waals surface area contributed by atoms with E-state index in [-0.39, 0.29) is 12.3 Å². The minimum absolute atomic E-state index is 0.0224. The van der Waals surface area contributed by atoms with Crippen molar-refractivity contribution in [2.45, 2.75) is 31.6 Å². The maximum atomic E-state index is 13.6. The molecule has 0 bridgehead atoms. The van der Waals surface area contributed by atoms with Crippen molar-refractivity contribution in [3.05, 3.63) is 47.8 Å². The van der Waals surface area contributed by atoms with E-state index in [9.17, 15) is 13.6 Å². The van der Waals surface area contributed by atoms with E-state index >= 15 is 0 Å². The number of likely N-dealkylation sites (tertiary alicyclic amines) is 1. The number of aromatic nitrogens is 4. The van der Waals surface area contributed by atoms with E-state index in [2.05, 4.69) is 42.5 Å². The summed E-state index contributed by atoms with van der Waals surface area (Å²) in [7, 11) is 1.65. The van der Waals surface area contributed by atoms with E-state index in [4.69, 9.17) is 0 Å². The summed E-state index contributed by atoms with van der Waals surface area (Å²) in [5.74, 6) is 0.365. The number of nitrogens with one attached hydrogen (secondary N) is 3. The number of fused-ring (bicyclic) bond motifs is 2. The monoisotopic (exact) mass is 452 g/mol. The van der Waals surface area contributed by atoms with Crippen molar-refractivity contribution < 1.29 is 13.6 Å². The highest BCUT2D eigenvalue weighted by Gasteiger charge is 2.24. The molecule has 7 nitrogen and oxygen atoms in total. The number of carbonyl (C=O) groups excluding carboxylic acids is 1. The van der Waals surface area contributed by atoms with Crippen LogP contribution in [0.3, 0.4) is 0 Å². The van der Waals surface area contributed by atoms with Crippen molar-refractivity contribution in [2.75, 3.05) is 26.7 Å². The molecule has 0 spiro atoms. The van der Waals surface area contributed by atoms with Crippen LogP contribution in [0.2, 0.25) is 0 Å². The molecule has 9 heteroatoms. The van der Waals surface area contributed by atoms with Gasteiger partial charge in [0.05, 0.1) is 18.4 Å². The first-order valence-electron chi connectivity index (χ1n) is 11.2. The zero-order valence-corrected chi connectivity index (χ0v) is 18.4. The molecule has 1 saturated heterocycles. The second kappa shape index (κ2) is 8.90. The number of rotatable bonds is 6. The van der Waals surface area contributed by atoms with E-state index in [1.165, 1.54) is 0 Å². The molecule has 4 aromatic rings. The molecule has 4 heterocycles. The Hall–Kier alpha value is -3.33. The molecule has 1 aliphatic rings. The number of benzene rings is 1. The van der Waals surface area contributed by atoms with Gasteiger partial charge in [0, 0.05) is 41.5 Å². The quantitative estimate of drug-likeness (QED) is 0.415. The van der Waals surface area contributed by atoms with Gasteiger partial charge in [0.25, 0.3) is 0 Å². The van der Waals surface area contributed by atoms with Gasteiger partial charge in [-0.25, -0.2) is 13.8 Å². The third kappa shape index (κ3) is 4.20. The maximum Gasteiger partial charge on any atom is 0.242 e. The number of pyridine rings is 1. The molecule has 1 fully saturated rings. The highest BCUT2D eigenvalue weighted by Crippen LogP contribution is 2.37. The molecular formula is C24H26F2N6O. The predicted molar refractivity (Wildman–Crippen MR) is 123 cm³/mol. The summed E-state index contributed by atoms with van der Waals surface area (Å²) in [5.41, 5.74) is 4.74. The van der Waals surface area contributed by atoms with Gasteiger partial charge in [0.1, 0.15) is 0 Å². The van der Waals surface area contributed by atoms with Crippen molar-refractivity contribution in [3.63, 3.8) is 0 Å². The lowest BCUT2D eigenvalue weighted by Gasteiger charge is -2.31. The minimum atomic E-state index is -2.46. The number of alkyl halides is 2. The Balaban J connectivity index is 1.49. The molecule has 1 aromatic carbocycles. The van der Waals surface area contributed by atoms with Crippen molar-refractivity contribution in [1.29, 1.82) is 0 Å². The summed E-state index contributed by atoms with van der Waals surface area (Å²) >= 11 is 0. The van der Waals surface area contributed by atoms with Gasteiger partial charge in [0.2, 0.25) is 12.3 Å². The second-order valence-corrected chi connectivity index (χ2v) is 8.59. The Morgan fingerprint density at radius 2 is 2.06 bits per heavy atom. The first-order valence-corrected chi connectivity index (χ1v) is 11.2. The van der Waals surface area contributed by atoms with E-state index in [1.54, 1.807) is 19.4 Å². The highest BCUT2D eigenvalue weighted by atomic mass is 19.3. The highest BCUT2D eigenvalue weighted by molar-refractivity contribution is 5.98. The number of aromatic amines is 2. The molecule has 3 N–H and O–H groups in total. The van der Waals surface area contributed by atoms with Crippen molar-refractivity contribution in [2.24, 2.45) is 0 Å². The van der Waals surface area contributed by atoms with Gasteiger partial charge in [-0.3, -0.25) is 14.8 Å². The van der Waals surface area contributed by atoms with Gasteiger partial charge in [-0.1, -0.05) is 6.07 Å². The zero-order valence-electron chi connectivity index (χ0n) is 18.4. The summed E-state index contributed by atoms with van der Waals surface area (Å²) in [4.78, 5) is 21.5. The molecule has 3 aromatic heterocycles. The van der Waals surface area contributed by atoms with Gasteiger partial charge in [-0.15, -0.1) is 0 Å². The number of H-pyrrole nitrogens is 2. The van der Waals surface area contributed by atoms with E-state index in [0.29, 0.717) is 29.4 Å². The van der Waals surface area contributed by atoms with E-state index < -0.39 is 6.43 Å². The Kier molecular flexibility index (Phi) is 5.80. The summed E-state index contributed by atoms with van der Waals surface area (Å²) in [5, 5.41) is 11.2. The normalized spacial score (nSPS) is 15.6. The molecule has 33 heavy (non-hydrogen) atoms. The third-order valence-corrected chi connectivity index (χ3v) is 6.62. The molecule has 0 unspecified atom stereocenters. The van der Waals surface area contributed by atoms with Gasteiger partial charge in [0.15, 0.2) is 5.65 Å². The summed E-state index contributed by atoms with van der Waals surface area (Å²) in [6, 6.07) is 7.99. The van der Waals surface area contributed by atoms with Crippen molar-refractivity contribution in [3.8, 4) is 11.3 Å². The Labute approximate surface area is 189 Å². The number of hydrogen-bond acceptors (Lipinski definition) is 4. The van der Waals surface area contributed by atoms with Gasteiger partial charge >= 0.3 is 0 Å². The summed E-state index contributed by atoms with van der Waals surface area (Å²) < 4.78 is 27.2. The van der Waals surface area contributed by atoms with Crippen LogP contribution in [0, 0.1) is 0 Å². The number of piperidine rings is 1. The third-order valence-electron chi connectivity index (χ3n) is 6.62. The average Bonchev–Trinajstić information content (AvgIpc) is 3.44. The fourth-order valence-corrected chi connectivity index (χ4v) is 4.89. The van der Waals surface area contributed by atoms with Crippen LogP contribution in [0.4, 0.5) is 8.78 Å². The van der Waals surface area contributed by atoms with Gasteiger partial charge in [-0.2, -0.15) is 5.10 Å².